The first-order chi connectivity index (χ1) is 10.3. The molecule has 2 nitrogen and oxygen atoms in total. The maximum atomic E-state index is 13.9. The fourth-order valence-corrected chi connectivity index (χ4v) is 2.37. The molecule has 0 atom stereocenters. The van der Waals surface area contributed by atoms with E-state index in [0.29, 0.717) is 5.69 Å². The highest BCUT2D eigenvalue weighted by Gasteiger charge is 2.11. The zero-order valence-electron chi connectivity index (χ0n) is 12.8. The summed E-state index contributed by atoms with van der Waals surface area (Å²) in [7, 11) is 0. The average molecular weight is 286 g/mol. The van der Waals surface area contributed by atoms with Gasteiger partial charge in [-0.1, -0.05) is 31.2 Å². The number of hydrogen-bond donors (Lipinski definition) is 1. The summed E-state index contributed by atoms with van der Waals surface area (Å²) in [5.41, 5.74) is 2.88. The Kier molecular flexibility index (Phi) is 5.76. The molecule has 0 saturated carbocycles. The molecule has 2 rings (SSSR count). The van der Waals surface area contributed by atoms with Gasteiger partial charge in [0.05, 0.1) is 5.69 Å². The highest BCUT2D eigenvalue weighted by molar-refractivity contribution is 5.63. The summed E-state index contributed by atoms with van der Waals surface area (Å²) >= 11 is 0. The van der Waals surface area contributed by atoms with Crippen molar-refractivity contribution in [1.29, 1.82) is 0 Å². The predicted octanol–water partition coefficient (Wildman–Crippen LogP) is 4.48. The molecule has 0 fully saturated rings. The molecular formula is C18H23FN2. The van der Waals surface area contributed by atoms with Gasteiger partial charge in [0, 0.05) is 18.8 Å². The van der Waals surface area contributed by atoms with Crippen LogP contribution in [0.3, 0.4) is 0 Å². The number of nitrogens with one attached hydrogen (secondary N) is 1. The highest BCUT2D eigenvalue weighted by atomic mass is 19.1. The van der Waals surface area contributed by atoms with E-state index in [9.17, 15) is 4.39 Å². The van der Waals surface area contributed by atoms with Gasteiger partial charge in [0.15, 0.2) is 0 Å². The molecule has 0 radical (unpaired) electrons. The normalized spacial score (nSPS) is 10.6. The van der Waals surface area contributed by atoms with Gasteiger partial charge in [-0.05, 0) is 49.7 Å². The van der Waals surface area contributed by atoms with Crippen molar-refractivity contribution in [3.05, 3.63) is 59.9 Å². The van der Waals surface area contributed by atoms with Gasteiger partial charge in [-0.3, -0.25) is 0 Å². The number of hydrogen-bond acceptors (Lipinski definition) is 2. The molecule has 0 heterocycles. The predicted molar refractivity (Wildman–Crippen MR) is 87.5 cm³/mol. The molecule has 0 bridgehead atoms. The summed E-state index contributed by atoms with van der Waals surface area (Å²) in [6.45, 7) is 6.82. The second-order valence-corrected chi connectivity index (χ2v) is 5.04. The Morgan fingerprint density at radius 3 is 2.33 bits per heavy atom. The Hall–Kier alpha value is -1.87. The largest absolute Gasteiger partial charge is 0.339 e. The van der Waals surface area contributed by atoms with Crippen molar-refractivity contribution in [3.8, 4) is 0 Å². The third-order valence-electron chi connectivity index (χ3n) is 3.46. The van der Waals surface area contributed by atoms with Crippen LogP contribution in [0.5, 0.6) is 0 Å². The van der Waals surface area contributed by atoms with E-state index in [1.807, 2.05) is 24.0 Å². The first kappa shape index (κ1) is 15.5. The van der Waals surface area contributed by atoms with Crippen molar-refractivity contribution in [1.82, 2.24) is 5.32 Å². The van der Waals surface area contributed by atoms with E-state index in [4.69, 9.17) is 0 Å². The minimum Gasteiger partial charge on any atom is -0.339 e. The van der Waals surface area contributed by atoms with Crippen molar-refractivity contribution in [2.45, 2.75) is 26.8 Å². The molecule has 2 aromatic carbocycles. The Morgan fingerprint density at radius 1 is 1.00 bits per heavy atom. The first-order valence-electron chi connectivity index (χ1n) is 7.58. The lowest BCUT2D eigenvalue weighted by Gasteiger charge is -2.24. The molecule has 0 aromatic heterocycles. The molecule has 0 saturated heterocycles. The van der Waals surface area contributed by atoms with Crippen LogP contribution in [0.2, 0.25) is 0 Å². The monoisotopic (exact) mass is 286 g/mol. The van der Waals surface area contributed by atoms with E-state index < -0.39 is 0 Å². The molecular weight excluding hydrogens is 263 g/mol. The summed E-state index contributed by atoms with van der Waals surface area (Å²) in [5.74, 6) is -0.187. The van der Waals surface area contributed by atoms with E-state index in [-0.39, 0.29) is 5.82 Å². The van der Waals surface area contributed by atoms with Gasteiger partial charge in [0.2, 0.25) is 0 Å². The van der Waals surface area contributed by atoms with Crippen molar-refractivity contribution in [3.63, 3.8) is 0 Å². The van der Waals surface area contributed by atoms with Crippen molar-refractivity contribution in [2.24, 2.45) is 0 Å². The van der Waals surface area contributed by atoms with Crippen LogP contribution in [-0.2, 0) is 6.54 Å². The number of benzene rings is 2. The second kappa shape index (κ2) is 7.79. The van der Waals surface area contributed by atoms with E-state index >= 15 is 0 Å². The second-order valence-electron chi connectivity index (χ2n) is 5.04. The summed E-state index contributed by atoms with van der Waals surface area (Å²) in [4.78, 5) is 1.98. The summed E-state index contributed by atoms with van der Waals surface area (Å²) in [6.07, 6.45) is 1.13. The minimum atomic E-state index is -0.187. The van der Waals surface area contributed by atoms with Crippen LogP contribution in [0.1, 0.15) is 25.8 Å². The fourth-order valence-electron chi connectivity index (χ4n) is 2.37. The number of anilines is 2. The van der Waals surface area contributed by atoms with Crippen LogP contribution in [0.25, 0.3) is 0 Å². The number of nitrogens with zero attached hydrogens (tertiary/aromatic N) is 1. The summed E-state index contributed by atoms with van der Waals surface area (Å²) < 4.78 is 13.9. The van der Waals surface area contributed by atoms with Gasteiger partial charge in [-0.15, -0.1) is 0 Å². The first-order valence-corrected chi connectivity index (χ1v) is 7.58. The fraction of sp³-hybridized carbons (Fsp3) is 0.333. The zero-order chi connectivity index (χ0) is 15.1. The lowest BCUT2D eigenvalue weighted by molar-refractivity contribution is 0.625. The van der Waals surface area contributed by atoms with Crippen LogP contribution < -0.4 is 10.2 Å². The van der Waals surface area contributed by atoms with Crippen LogP contribution >= 0.6 is 0 Å². The third-order valence-corrected chi connectivity index (χ3v) is 3.46. The molecule has 112 valence electrons. The lowest BCUT2D eigenvalue weighted by Crippen LogP contribution is -2.17. The molecule has 0 amide bonds. The molecule has 1 N–H and O–H groups in total. The SMILES string of the molecule is CCCNCc1ccc(N(CC)c2ccccc2F)cc1. The van der Waals surface area contributed by atoms with Crippen LogP contribution in [0.15, 0.2) is 48.5 Å². The Morgan fingerprint density at radius 2 is 1.71 bits per heavy atom. The molecule has 0 aliphatic rings. The van der Waals surface area contributed by atoms with Crippen LogP contribution in [0, 0.1) is 5.82 Å². The standard InChI is InChI=1S/C18H23FN2/c1-3-13-20-14-15-9-11-16(12-10-15)21(4-2)18-8-6-5-7-17(18)19/h5-12,20H,3-4,13-14H2,1-2H3. The Bertz CT molecular complexity index is 551. The molecule has 0 spiro atoms. The molecule has 21 heavy (non-hydrogen) atoms. The average Bonchev–Trinajstić information content (AvgIpc) is 2.51. The molecule has 0 aliphatic carbocycles. The molecule has 0 unspecified atom stereocenters. The van der Waals surface area contributed by atoms with Crippen molar-refractivity contribution < 1.29 is 4.39 Å². The molecule has 2 aromatic rings. The number of halogens is 1. The minimum absolute atomic E-state index is 0.187. The number of para-hydroxylation sites is 1. The van der Waals surface area contributed by atoms with Crippen LogP contribution in [0.4, 0.5) is 15.8 Å². The molecule has 0 aliphatic heterocycles. The lowest BCUT2D eigenvalue weighted by atomic mass is 10.1. The van der Waals surface area contributed by atoms with E-state index in [2.05, 4.69) is 36.5 Å². The smallest absolute Gasteiger partial charge is 0.146 e. The van der Waals surface area contributed by atoms with Gasteiger partial charge in [0.25, 0.3) is 0 Å². The van der Waals surface area contributed by atoms with Crippen molar-refractivity contribution in [2.75, 3.05) is 18.0 Å². The Labute approximate surface area is 126 Å². The van der Waals surface area contributed by atoms with Crippen molar-refractivity contribution >= 4 is 11.4 Å². The van der Waals surface area contributed by atoms with Gasteiger partial charge < -0.3 is 10.2 Å². The maximum absolute atomic E-state index is 13.9. The number of rotatable bonds is 7. The van der Waals surface area contributed by atoms with Gasteiger partial charge in [-0.25, -0.2) is 4.39 Å². The van der Waals surface area contributed by atoms with E-state index in [1.54, 1.807) is 6.07 Å². The quantitative estimate of drug-likeness (QED) is 0.755. The van der Waals surface area contributed by atoms with Crippen LogP contribution in [-0.4, -0.2) is 13.1 Å². The van der Waals surface area contributed by atoms with E-state index in [1.165, 1.54) is 11.6 Å². The van der Waals surface area contributed by atoms with Gasteiger partial charge in [0.1, 0.15) is 5.82 Å². The summed E-state index contributed by atoms with van der Waals surface area (Å²) in [5, 5.41) is 3.38. The highest BCUT2D eigenvalue weighted by Crippen LogP contribution is 2.27. The molecule has 3 heteroatoms. The van der Waals surface area contributed by atoms with E-state index in [0.717, 1.165) is 31.7 Å². The summed E-state index contributed by atoms with van der Waals surface area (Å²) in [6, 6.07) is 15.2. The topological polar surface area (TPSA) is 15.3 Å². The van der Waals surface area contributed by atoms with Gasteiger partial charge >= 0.3 is 0 Å². The Balaban J connectivity index is 2.14. The maximum Gasteiger partial charge on any atom is 0.146 e. The zero-order valence-corrected chi connectivity index (χ0v) is 12.8. The van der Waals surface area contributed by atoms with Gasteiger partial charge in [-0.2, -0.15) is 0 Å². The third kappa shape index (κ3) is 4.05.